The number of pyridine rings is 1. The molecule has 0 aliphatic carbocycles. The molecule has 1 saturated heterocycles. The van der Waals surface area contributed by atoms with E-state index in [0.717, 1.165) is 44.5 Å². The Morgan fingerprint density at radius 1 is 1.03 bits per heavy atom. The van der Waals surface area contributed by atoms with Crippen LogP contribution in [0.2, 0.25) is 0 Å². The van der Waals surface area contributed by atoms with E-state index in [0.29, 0.717) is 30.2 Å². The Morgan fingerprint density at radius 3 is 2.71 bits per heavy atom. The zero-order chi connectivity index (χ0) is 24.4. The van der Waals surface area contributed by atoms with E-state index in [2.05, 4.69) is 30.5 Å². The number of ether oxygens (including phenoxy) is 1. The Balaban J connectivity index is 1.40. The molecule has 1 aromatic carbocycles. The van der Waals surface area contributed by atoms with Gasteiger partial charge in [0, 0.05) is 31.2 Å². The van der Waals surface area contributed by atoms with Crippen LogP contribution in [0, 0.1) is 11.6 Å². The van der Waals surface area contributed by atoms with Gasteiger partial charge in [-0.1, -0.05) is 0 Å². The minimum Gasteiger partial charge on any atom is -0.486 e. The highest BCUT2D eigenvalue weighted by Crippen LogP contribution is 2.39. The van der Waals surface area contributed by atoms with Gasteiger partial charge in [0.05, 0.1) is 30.3 Å². The molecule has 10 heteroatoms. The summed E-state index contributed by atoms with van der Waals surface area (Å²) in [7, 11) is 0. The number of nitrogens with one attached hydrogen (secondary N) is 2. The molecule has 0 unspecified atom stereocenters. The minimum absolute atomic E-state index is 0.00664. The molecule has 2 aromatic heterocycles. The standard InChI is InChI=1S/C25H29F2N7O/c1-16(2)34-10-11-35-24-19(26)12-17(13-21(24)34)23-20(27)15-30-25(32-23)31-22-5-4-18(14-29-22)33-8-3-6-28-7-9-33/h4-5,12-16,28H,3,6-11H2,1-2H3,(H,29,30,31,32). The number of rotatable bonds is 5. The molecule has 5 rings (SSSR count). The number of nitrogens with zero attached hydrogens (tertiary/aromatic N) is 5. The average molecular weight is 482 g/mol. The molecule has 2 aliphatic rings. The van der Waals surface area contributed by atoms with Crippen LogP contribution in [-0.2, 0) is 0 Å². The minimum atomic E-state index is -0.638. The zero-order valence-electron chi connectivity index (χ0n) is 19.9. The Bertz CT molecular complexity index is 1180. The second kappa shape index (κ2) is 9.99. The molecule has 184 valence electrons. The van der Waals surface area contributed by atoms with Gasteiger partial charge in [-0.3, -0.25) is 0 Å². The van der Waals surface area contributed by atoms with Crippen LogP contribution in [0.3, 0.4) is 0 Å². The van der Waals surface area contributed by atoms with Gasteiger partial charge in [0.15, 0.2) is 17.4 Å². The number of benzene rings is 1. The predicted molar refractivity (Wildman–Crippen MR) is 133 cm³/mol. The summed E-state index contributed by atoms with van der Waals surface area (Å²) in [4.78, 5) is 17.2. The van der Waals surface area contributed by atoms with Crippen molar-refractivity contribution in [3.05, 3.63) is 48.3 Å². The molecule has 8 nitrogen and oxygen atoms in total. The highest BCUT2D eigenvalue weighted by Gasteiger charge is 2.25. The average Bonchev–Trinajstić information content (AvgIpc) is 3.15. The van der Waals surface area contributed by atoms with E-state index in [1.54, 1.807) is 12.3 Å². The van der Waals surface area contributed by atoms with Gasteiger partial charge in [-0.2, -0.15) is 0 Å². The van der Waals surface area contributed by atoms with Gasteiger partial charge >= 0.3 is 0 Å². The molecular formula is C25H29F2N7O. The molecule has 0 bridgehead atoms. The van der Waals surface area contributed by atoms with Crippen LogP contribution in [0.25, 0.3) is 11.3 Å². The number of fused-ring (bicyclic) bond motifs is 1. The number of anilines is 4. The maximum atomic E-state index is 14.9. The highest BCUT2D eigenvalue weighted by atomic mass is 19.1. The van der Waals surface area contributed by atoms with Crippen LogP contribution in [0.1, 0.15) is 20.3 Å². The van der Waals surface area contributed by atoms with Crippen molar-refractivity contribution < 1.29 is 13.5 Å². The first-order valence-electron chi connectivity index (χ1n) is 11.9. The molecule has 0 spiro atoms. The summed E-state index contributed by atoms with van der Waals surface area (Å²) < 4.78 is 35.2. The summed E-state index contributed by atoms with van der Waals surface area (Å²) in [6.45, 7) is 8.93. The summed E-state index contributed by atoms with van der Waals surface area (Å²) in [5.74, 6) is -0.283. The third kappa shape index (κ3) is 4.97. The fourth-order valence-electron chi connectivity index (χ4n) is 4.47. The van der Waals surface area contributed by atoms with Gasteiger partial charge in [0.25, 0.3) is 0 Å². The predicted octanol–water partition coefficient (Wildman–Crippen LogP) is 3.97. The second-order valence-electron chi connectivity index (χ2n) is 8.95. The fourth-order valence-corrected chi connectivity index (χ4v) is 4.47. The Labute approximate surface area is 203 Å². The summed E-state index contributed by atoms with van der Waals surface area (Å²) in [6.07, 6.45) is 3.96. The molecule has 4 heterocycles. The first kappa shape index (κ1) is 23.2. The Hall–Kier alpha value is -3.53. The smallest absolute Gasteiger partial charge is 0.229 e. The van der Waals surface area contributed by atoms with Gasteiger partial charge in [-0.05, 0) is 51.1 Å². The maximum Gasteiger partial charge on any atom is 0.229 e. The molecule has 0 amide bonds. The van der Waals surface area contributed by atoms with E-state index in [1.165, 1.54) is 6.07 Å². The number of hydrogen-bond donors (Lipinski definition) is 2. The van der Waals surface area contributed by atoms with Gasteiger partial charge in [0.2, 0.25) is 5.95 Å². The molecule has 0 atom stereocenters. The molecular weight excluding hydrogens is 452 g/mol. The van der Waals surface area contributed by atoms with Crippen LogP contribution < -0.4 is 25.2 Å². The van der Waals surface area contributed by atoms with Gasteiger partial charge in [0.1, 0.15) is 18.1 Å². The van der Waals surface area contributed by atoms with Crippen LogP contribution in [0.4, 0.5) is 31.9 Å². The lowest BCUT2D eigenvalue weighted by Gasteiger charge is -2.34. The molecule has 0 radical (unpaired) electrons. The largest absolute Gasteiger partial charge is 0.486 e. The summed E-state index contributed by atoms with van der Waals surface area (Å²) >= 11 is 0. The van der Waals surface area contributed by atoms with E-state index in [4.69, 9.17) is 4.74 Å². The van der Waals surface area contributed by atoms with E-state index >= 15 is 0 Å². The van der Waals surface area contributed by atoms with E-state index in [1.807, 2.05) is 30.9 Å². The number of hydrogen-bond acceptors (Lipinski definition) is 8. The van der Waals surface area contributed by atoms with Crippen LogP contribution in [0.15, 0.2) is 36.7 Å². The lowest BCUT2D eigenvalue weighted by molar-refractivity contribution is 0.287. The van der Waals surface area contributed by atoms with E-state index in [-0.39, 0.29) is 23.4 Å². The summed E-state index contributed by atoms with van der Waals surface area (Å²) in [6, 6.07) is 6.94. The van der Waals surface area contributed by atoms with Gasteiger partial charge in [-0.25, -0.2) is 23.7 Å². The van der Waals surface area contributed by atoms with Gasteiger partial charge in [-0.15, -0.1) is 0 Å². The third-order valence-corrected chi connectivity index (χ3v) is 6.25. The van der Waals surface area contributed by atoms with Crippen molar-refractivity contribution >= 4 is 23.1 Å². The fraction of sp³-hybridized carbons (Fsp3) is 0.400. The number of aromatic nitrogens is 3. The molecule has 2 aliphatic heterocycles. The molecule has 3 aromatic rings. The zero-order valence-corrected chi connectivity index (χ0v) is 19.9. The first-order chi connectivity index (χ1) is 17.0. The van der Waals surface area contributed by atoms with Crippen molar-refractivity contribution in [3.63, 3.8) is 0 Å². The molecule has 35 heavy (non-hydrogen) atoms. The van der Waals surface area contributed by atoms with Crippen LogP contribution in [-0.4, -0.2) is 60.3 Å². The summed E-state index contributed by atoms with van der Waals surface area (Å²) in [5.41, 5.74) is 1.96. The van der Waals surface area contributed by atoms with Gasteiger partial charge < -0.3 is 25.2 Å². The van der Waals surface area contributed by atoms with Crippen molar-refractivity contribution in [2.75, 3.05) is 54.4 Å². The van der Waals surface area contributed by atoms with Crippen molar-refractivity contribution in [1.29, 1.82) is 0 Å². The van der Waals surface area contributed by atoms with Crippen molar-refractivity contribution in [2.45, 2.75) is 26.3 Å². The maximum absolute atomic E-state index is 14.9. The summed E-state index contributed by atoms with van der Waals surface area (Å²) in [5, 5.41) is 6.42. The van der Waals surface area contributed by atoms with Crippen molar-refractivity contribution in [3.8, 4) is 17.0 Å². The molecule has 1 fully saturated rings. The third-order valence-electron chi connectivity index (χ3n) is 6.25. The first-order valence-corrected chi connectivity index (χ1v) is 11.9. The van der Waals surface area contributed by atoms with Crippen LogP contribution >= 0.6 is 0 Å². The monoisotopic (exact) mass is 481 g/mol. The molecule has 0 saturated carbocycles. The Morgan fingerprint density at radius 2 is 1.91 bits per heavy atom. The normalized spacial score (nSPS) is 16.0. The van der Waals surface area contributed by atoms with E-state index in [9.17, 15) is 8.78 Å². The quantitative estimate of drug-likeness (QED) is 0.567. The van der Waals surface area contributed by atoms with E-state index < -0.39 is 11.6 Å². The SMILES string of the molecule is CC(C)N1CCOc2c(F)cc(-c3nc(Nc4ccc(N5CCCNCC5)cn4)ncc3F)cc21. The topological polar surface area (TPSA) is 78.4 Å². The molecule has 2 N–H and O–H groups in total. The second-order valence-corrected chi connectivity index (χ2v) is 8.95. The number of halogens is 2. The van der Waals surface area contributed by atoms with Crippen LogP contribution in [0.5, 0.6) is 5.75 Å². The lowest BCUT2D eigenvalue weighted by Crippen LogP contribution is -2.38. The van der Waals surface area contributed by atoms with Crippen molar-refractivity contribution in [1.82, 2.24) is 20.3 Å². The Kier molecular flexibility index (Phi) is 6.63. The highest BCUT2D eigenvalue weighted by molar-refractivity contribution is 5.73. The van der Waals surface area contributed by atoms with Crippen molar-refractivity contribution in [2.24, 2.45) is 0 Å². The lowest BCUT2D eigenvalue weighted by atomic mass is 10.1.